The zero-order valence-electron chi connectivity index (χ0n) is 40.4. The standard InChI is InChI=1S/C60H65FN2O6/c1-5-7-9-38-13-17-40(18-14-38)42-21-29-46(30-22-42)68-51-34-49(62-45-27-25-44(61)26-28-45)53-55(57(51)64)60(67)54-50(63-48-33-36(3)11-12-37(48)4)35-52(58(65)56(54)59(53)66)69-47-31-23-43(24-32-47)41-19-15-39(16-20-41)10-8-6-2/h11-12,21-35,38-41,62-65H,5-10,13-20H2,1-4H3. The van der Waals surface area contributed by atoms with Crippen LogP contribution < -0.4 is 20.1 Å². The molecule has 0 spiro atoms. The van der Waals surface area contributed by atoms with Crippen molar-refractivity contribution in [2.24, 2.45) is 11.8 Å². The summed E-state index contributed by atoms with van der Waals surface area (Å²) in [6.45, 7) is 8.39. The number of carbonyl (C=O) groups excluding carboxylic acids is 2. The molecule has 0 bridgehead atoms. The average molecular weight is 929 g/mol. The topological polar surface area (TPSA) is 117 Å². The van der Waals surface area contributed by atoms with Crippen molar-refractivity contribution in [3.8, 4) is 34.5 Å². The van der Waals surface area contributed by atoms with E-state index in [2.05, 4.69) is 48.7 Å². The SMILES string of the molecule is CCCCC1CCC(c2ccc(Oc3cc(Nc4ccc(F)cc4)c4c(c3O)C(=O)c3c(Nc5cc(C)ccc5C)cc(Oc5ccc(C6CCC(CCCC)CC6)cc5)c(O)c3C4=O)cc2)CC1. The van der Waals surface area contributed by atoms with Gasteiger partial charge in [0.2, 0.25) is 11.6 Å². The summed E-state index contributed by atoms with van der Waals surface area (Å²) >= 11 is 0. The number of rotatable bonds is 16. The number of aryl methyl sites for hydroxylation is 2. The monoisotopic (exact) mass is 928 g/mol. The van der Waals surface area contributed by atoms with Crippen LogP contribution in [0.25, 0.3) is 0 Å². The van der Waals surface area contributed by atoms with Crippen molar-refractivity contribution in [2.75, 3.05) is 10.6 Å². The van der Waals surface area contributed by atoms with E-state index in [1.807, 2.05) is 56.3 Å². The van der Waals surface area contributed by atoms with Crippen LogP contribution in [0.2, 0.25) is 0 Å². The number of aromatic hydroxyl groups is 2. The highest BCUT2D eigenvalue weighted by Crippen LogP contribution is 2.51. The highest BCUT2D eigenvalue weighted by Gasteiger charge is 2.41. The van der Waals surface area contributed by atoms with Gasteiger partial charge in [-0.3, -0.25) is 9.59 Å². The highest BCUT2D eigenvalue weighted by atomic mass is 19.1. The van der Waals surface area contributed by atoms with E-state index in [-0.39, 0.29) is 45.1 Å². The minimum atomic E-state index is -0.725. The van der Waals surface area contributed by atoms with Gasteiger partial charge >= 0.3 is 0 Å². The number of ether oxygens (including phenoxy) is 2. The largest absolute Gasteiger partial charge is 0.504 e. The number of phenolic OH excluding ortho intramolecular Hbond substituents is 2. The summed E-state index contributed by atoms with van der Waals surface area (Å²) in [7, 11) is 0. The van der Waals surface area contributed by atoms with Gasteiger partial charge in [-0.2, -0.15) is 0 Å². The van der Waals surface area contributed by atoms with Crippen LogP contribution in [0.15, 0.2) is 103 Å². The molecule has 9 heteroatoms. The molecule has 9 rings (SSSR count). The number of carbonyl (C=O) groups is 2. The molecule has 2 saturated carbocycles. The lowest BCUT2D eigenvalue weighted by Crippen LogP contribution is -2.24. The van der Waals surface area contributed by atoms with Crippen molar-refractivity contribution in [2.45, 2.75) is 129 Å². The van der Waals surface area contributed by atoms with E-state index < -0.39 is 28.9 Å². The van der Waals surface area contributed by atoms with Crippen LogP contribution in [-0.2, 0) is 0 Å². The van der Waals surface area contributed by atoms with Crippen LogP contribution in [0, 0.1) is 31.5 Å². The zero-order chi connectivity index (χ0) is 48.2. The van der Waals surface area contributed by atoms with Gasteiger partial charge in [-0.15, -0.1) is 0 Å². The lowest BCUT2D eigenvalue weighted by molar-refractivity contribution is 0.0974. The smallest absolute Gasteiger partial charge is 0.200 e. The van der Waals surface area contributed by atoms with Gasteiger partial charge in [0.15, 0.2) is 23.0 Å². The molecular weight excluding hydrogens is 864 g/mol. The molecule has 3 aliphatic carbocycles. The van der Waals surface area contributed by atoms with Crippen LogP contribution in [0.3, 0.4) is 0 Å². The Morgan fingerprint density at radius 2 is 0.986 bits per heavy atom. The Bertz CT molecular complexity index is 2800. The van der Waals surface area contributed by atoms with E-state index in [1.54, 1.807) is 0 Å². The summed E-state index contributed by atoms with van der Waals surface area (Å²) in [5, 5.41) is 30.9. The first-order chi connectivity index (χ1) is 33.5. The van der Waals surface area contributed by atoms with E-state index in [0.29, 0.717) is 34.7 Å². The molecule has 0 saturated heterocycles. The number of hydrogen-bond acceptors (Lipinski definition) is 8. The van der Waals surface area contributed by atoms with Crippen LogP contribution in [0.1, 0.15) is 170 Å². The average Bonchev–Trinajstić information content (AvgIpc) is 3.36. The minimum Gasteiger partial charge on any atom is -0.504 e. The number of anilines is 4. The van der Waals surface area contributed by atoms with E-state index in [0.717, 1.165) is 48.6 Å². The van der Waals surface area contributed by atoms with Crippen LogP contribution in [0.5, 0.6) is 34.5 Å². The Morgan fingerprint density at radius 1 is 0.536 bits per heavy atom. The number of halogens is 1. The van der Waals surface area contributed by atoms with Crippen LogP contribution >= 0.6 is 0 Å². The molecule has 6 aromatic carbocycles. The number of nitrogens with one attached hydrogen (secondary N) is 2. The molecule has 0 unspecified atom stereocenters. The molecule has 0 aliphatic heterocycles. The second-order valence-corrected chi connectivity index (χ2v) is 19.8. The predicted octanol–water partition coefficient (Wildman–Crippen LogP) is 16.6. The number of fused-ring (bicyclic) bond motifs is 2. The fourth-order valence-corrected chi connectivity index (χ4v) is 10.9. The van der Waals surface area contributed by atoms with Gasteiger partial charge in [-0.05, 0) is 166 Å². The lowest BCUT2D eigenvalue weighted by atomic mass is 9.77. The molecule has 0 amide bonds. The third-order valence-corrected chi connectivity index (χ3v) is 15.0. The molecule has 3 aliphatic rings. The summed E-state index contributed by atoms with van der Waals surface area (Å²) in [5.41, 5.74) is 4.88. The summed E-state index contributed by atoms with van der Waals surface area (Å²) in [6.07, 6.45) is 17.1. The normalized spacial score (nSPS) is 18.9. The molecule has 6 aromatic rings. The summed E-state index contributed by atoms with van der Waals surface area (Å²) in [6, 6.07) is 30.2. The van der Waals surface area contributed by atoms with Crippen LogP contribution in [0.4, 0.5) is 27.1 Å². The molecule has 0 radical (unpaired) electrons. The molecular formula is C60H65FN2O6. The Kier molecular flexibility index (Phi) is 14.4. The zero-order valence-corrected chi connectivity index (χ0v) is 40.4. The van der Waals surface area contributed by atoms with Gasteiger partial charge in [-0.1, -0.05) is 88.8 Å². The van der Waals surface area contributed by atoms with Gasteiger partial charge in [0.05, 0.1) is 33.6 Å². The van der Waals surface area contributed by atoms with Gasteiger partial charge in [0, 0.05) is 23.5 Å². The molecule has 0 heterocycles. The van der Waals surface area contributed by atoms with Crippen molar-refractivity contribution in [1.82, 2.24) is 0 Å². The first-order valence-electron chi connectivity index (χ1n) is 25.3. The third kappa shape index (κ3) is 10.4. The summed E-state index contributed by atoms with van der Waals surface area (Å²) < 4.78 is 27.0. The fourth-order valence-electron chi connectivity index (χ4n) is 10.9. The van der Waals surface area contributed by atoms with E-state index in [9.17, 15) is 14.6 Å². The maximum atomic E-state index is 15.2. The summed E-state index contributed by atoms with van der Waals surface area (Å²) in [5.74, 6) is 0.412. The summed E-state index contributed by atoms with van der Waals surface area (Å²) in [4.78, 5) is 30.4. The fraction of sp³-hybridized carbons (Fsp3) is 0.367. The maximum absolute atomic E-state index is 15.2. The van der Waals surface area contributed by atoms with E-state index in [1.165, 1.54) is 112 Å². The van der Waals surface area contributed by atoms with Crippen LogP contribution in [-0.4, -0.2) is 21.8 Å². The predicted molar refractivity (Wildman–Crippen MR) is 273 cm³/mol. The van der Waals surface area contributed by atoms with Crippen molar-refractivity contribution >= 4 is 34.3 Å². The molecule has 2 fully saturated rings. The van der Waals surface area contributed by atoms with E-state index in [4.69, 9.17) is 9.47 Å². The van der Waals surface area contributed by atoms with Crippen molar-refractivity contribution in [1.29, 1.82) is 0 Å². The van der Waals surface area contributed by atoms with E-state index >= 15 is 9.59 Å². The molecule has 8 nitrogen and oxygen atoms in total. The van der Waals surface area contributed by atoms with Gasteiger partial charge < -0.3 is 30.3 Å². The number of unbranched alkanes of at least 4 members (excludes halogenated alkanes) is 2. The van der Waals surface area contributed by atoms with Crippen molar-refractivity contribution in [3.63, 3.8) is 0 Å². The molecule has 358 valence electrons. The number of benzene rings is 6. The Morgan fingerprint density at radius 3 is 1.43 bits per heavy atom. The maximum Gasteiger partial charge on any atom is 0.200 e. The second kappa shape index (κ2) is 20.9. The number of ketones is 2. The first-order valence-corrected chi connectivity index (χ1v) is 25.3. The Hall–Kier alpha value is -6.61. The van der Waals surface area contributed by atoms with Gasteiger partial charge in [-0.25, -0.2) is 4.39 Å². The first kappa shape index (κ1) is 47.5. The molecule has 0 atom stereocenters. The minimum absolute atomic E-state index is 0.0273. The Labute approximate surface area is 406 Å². The van der Waals surface area contributed by atoms with Gasteiger partial charge in [0.1, 0.15) is 17.3 Å². The third-order valence-electron chi connectivity index (χ3n) is 15.0. The molecule has 0 aromatic heterocycles. The van der Waals surface area contributed by atoms with Crippen molar-refractivity contribution < 1.29 is 33.7 Å². The quantitative estimate of drug-likeness (QED) is 0.0708. The molecule has 69 heavy (non-hydrogen) atoms. The number of hydrogen-bond donors (Lipinski definition) is 4. The highest BCUT2D eigenvalue weighted by molar-refractivity contribution is 6.34. The second-order valence-electron chi connectivity index (χ2n) is 19.8. The van der Waals surface area contributed by atoms with Crippen molar-refractivity contribution in [3.05, 3.63) is 153 Å². The van der Waals surface area contributed by atoms with Gasteiger partial charge in [0.25, 0.3) is 0 Å². The molecule has 4 N–H and O–H groups in total. The Balaban J connectivity index is 1.07. The lowest BCUT2D eigenvalue weighted by Gasteiger charge is -2.29. The number of phenols is 2.